The highest BCUT2D eigenvalue weighted by molar-refractivity contribution is 5.77. The highest BCUT2D eigenvalue weighted by Gasteiger charge is 2.15. The molecule has 20 heavy (non-hydrogen) atoms. The Morgan fingerprint density at radius 2 is 2.10 bits per heavy atom. The van der Waals surface area contributed by atoms with Crippen LogP contribution in [0.4, 0.5) is 11.9 Å². The van der Waals surface area contributed by atoms with Crippen LogP contribution in [-0.4, -0.2) is 50.7 Å². The van der Waals surface area contributed by atoms with Gasteiger partial charge in [-0.15, -0.1) is 0 Å². The lowest BCUT2D eigenvalue weighted by atomic mass is 10.3. The number of hydrogen-bond acceptors (Lipinski definition) is 8. The van der Waals surface area contributed by atoms with Crippen molar-refractivity contribution in [2.45, 2.75) is 13.0 Å². The molecule has 2 N–H and O–H groups in total. The molecule has 0 radical (unpaired) electrons. The van der Waals surface area contributed by atoms with E-state index in [4.69, 9.17) is 0 Å². The van der Waals surface area contributed by atoms with Crippen molar-refractivity contribution < 1.29 is 9.53 Å². The number of aromatic nitrogens is 5. The molecule has 9 nitrogen and oxygen atoms in total. The third-order valence-electron chi connectivity index (χ3n) is 2.48. The first-order valence-electron chi connectivity index (χ1n) is 5.90. The lowest BCUT2D eigenvalue weighted by Crippen LogP contribution is -2.28. The first-order valence-corrected chi connectivity index (χ1v) is 5.90. The number of carbonyl (C=O) groups is 1. The largest absolute Gasteiger partial charge is 0.467 e. The number of hydrogen-bond donors (Lipinski definition) is 2. The van der Waals surface area contributed by atoms with Gasteiger partial charge in [0, 0.05) is 19.4 Å². The van der Waals surface area contributed by atoms with Gasteiger partial charge in [0.1, 0.15) is 12.4 Å². The molecule has 0 saturated heterocycles. The Kier molecular flexibility index (Phi) is 4.08. The Labute approximate surface area is 115 Å². The number of rotatable bonds is 5. The first-order chi connectivity index (χ1) is 9.63. The lowest BCUT2D eigenvalue weighted by molar-refractivity contribution is -0.141. The highest BCUT2D eigenvalue weighted by atomic mass is 16.5. The zero-order chi connectivity index (χ0) is 14.5. The molecule has 0 aromatic carbocycles. The van der Waals surface area contributed by atoms with E-state index in [1.54, 1.807) is 37.3 Å². The van der Waals surface area contributed by atoms with Crippen molar-refractivity contribution in [2.75, 3.05) is 24.8 Å². The van der Waals surface area contributed by atoms with Crippen molar-refractivity contribution in [3.05, 3.63) is 18.7 Å². The van der Waals surface area contributed by atoms with Crippen LogP contribution in [0, 0.1) is 0 Å². The molecular formula is C11H15N7O2. The van der Waals surface area contributed by atoms with Crippen LogP contribution in [0.5, 0.6) is 0 Å². The summed E-state index contributed by atoms with van der Waals surface area (Å²) in [5.74, 6) is 0.635. The van der Waals surface area contributed by atoms with Gasteiger partial charge < -0.3 is 15.4 Å². The van der Waals surface area contributed by atoms with Crippen molar-refractivity contribution in [3.63, 3.8) is 0 Å². The van der Waals surface area contributed by atoms with Crippen molar-refractivity contribution in [3.8, 4) is 5.95 Å². The van der Waals surface area contributed by atoms with Gasteiger partial charge in [0.2, 0.25) is 17.8 Å². The molecule has 0 fully saturated rings. The Morgan fingerprint density at radius 3 is 2.70 bits per heavy atom. The summed E-state index contributed by atoms with van der Waals surface area (Å²) in [4.78, 5) is 27.9. The third kappa shape index (κ3) is 2.99. The Hall–Kier alpha value is -2.71. The van der Waals surface area contributed by atoms with Gasteiger partial charge in [-0.05, 0) is 6.92 Å². The molecule has 0 bridgehead atoms. The molecule has 0 aliphatic rings. The molecule has 2 heterocycles. The zero-order valence-electron chi connectivity index (χ0n) is 11.4. The fourth-order valence-corrected chi connectivity index (χ4v) is 1.46. The molecule has 2 rings (SSSR count). The zero-order valence-corrected chi connectivity index (χ0v) is 11.4. The van der Waals surface area contributed by atoms with E-state index in [1.165, 1.54) is 7.11 Å². The van der Waals surface area contributed by atoms with E-state index >= 15 is 0 Å². The molecule has 2 aromatic rings. The number of imidazole rings is 1. The fraction of sp³-hybridized carbons (Fsp3) is 0.364. The summed E-state index contributed by atoms with van der Waals surface area (Å²) in [5, 5.41) is 5.69. The van der Waals surface area contributed by atoms with Gasteiger partial charge in [-0.2, -0.15) is 15.0 Å². The molecule has 1 atom stereocenters. The average molecular weight is 277 g/mol. The van der Waals surface area contributed by atoms with E-state index in [-0.39, 0.29) is 5.95 Å². The minimum atomic E-state index is -0.567. The molecule has 2 aromatic heterocycles. The van der Waals surface area contributed by atoms with Crippen molar-refractivity contribution in [1.82, 2.24) is 24.5 Å². The fourth-order valence-electron chi connectivity index (χ4n) is 1.46. The van der Waals surface area contributed by atoms with E-state index in [2.05, 4.69) is 35.3 Å². The lowest BCUT2D eigenvalue weighted by Gasteiger charge is -2.12. The smallest absolute Gasteiger partial charge is 0.328 e. The predicted molar refractivity (Wildman–Crippen MR) is 71.6 cm³/mol. The third-order valence-corrected chi connectivity index (χ3v) is 2.48. The van der Waals surface area contributed by atoms with E-state index in [1.807, 2.05) is 0 Å². The average Bonchev–Trinajstić information content (AvgIpc) is 3.00. The SMILES string of the molecule is CNc1nc(NC(C)C(=O)OC)nc(-n2ccnc2)n1. The maximum absolute atomic E-state index is 11.4. The monoisotopic (exact) mass is 277 g/mol. The van der Waals surface area contributed by atoms with Gasteiger partial charge in [0.15, 0.2) is 0 Å². The molecule has 0 aliphatic heterocycles. The van der Waals surface area contributed by atoms with Crippen LogP contribution in [0.2, 0.25) is 0 Å². The second kappa shape index (κ2) is 5.95. The van der Waals surface area contributed by atoms with Crippen molar-refractivity contribution >= 4 is 17.9 Å². The van der Waals surface area contributed by atoms with Crippen LogP contribution in [0.3, 0.4) is 0 Å². The maximum Gasteiger partial charge on any atom is 0.328 e. The standard InChI is InChI=1S/C11H15N7O2/c1-7(8(19)20-3)14-10-15-9(12-2)16-11(17-10)18-5-4-13-6-18/h4-7H,1-3H3,(H2,12,14,15,16,17). The van der Waals surface area contributed by atoms with Crippen LogP contribution < -0.4 is 10.6 Å². The van der Waals surface area contributed by atoms with Crippen LogP contribution in [0.25, 0.3) is 5.95 Å². The number of anilines is 2. The molecule has 106 valence electrons. The second-order valence-corrected chi connectivity index (χ2v) is 3.89. The number of methoxy groups -OCH3 is 1. The molecule has 0 aliphatic carbocycles. The van der Waals surface area contributed by atoms with Crippen molar-refractivity contribution in [2.24, 2.45) is 0 Å². The van der Waals surface area contributed by atoms with Gasteiger partial charge in [-0.3, -0.25) is 4.57 Å². The van der Waals surface area contributed by atoms with Crippen LogP contribution in [-0.2, 0) is 9.53 Å². The molecule has 1 unspecified atom stereocenters. The highest BCUT2D eigenvalue weighted by Crippen LogP contribution is 2.10. The van der Waals surface area contributed by atoms with Gasteiger partial charge in [-0.1, -0.05) is 0 Å². The Balaban J connectivity index is 2.29. The molecule has 0 saturated carbocycles. The first kappa shape index (κ1) is 13.7. The van der Waals surface area contributed by atoms with Crippen LogP contribution in [0.15, 0.2) is 18.7 Å². The summed E-state index contributed by atoms with van der Waals surface area (Å²) in [6, 6.07) is -0.567. The number of ether oxygens (including phenoxy) is 1. The minimum Gasteiger partial charge on any atom is -0.467 e. The number of nitrogens with one attached hydrogen (secondary N) is 2. The summed E-state index contributed by atoms with van der Waals surface area (Å²) in [6.45, 7) is 1.66. The number of carbonyl (C=O) groups excluding carboxylic acids is 1. The Bertz CT molecular complexity index is 584. The number of esters is 1. The topological polar surface area (TPSA) is 107 Å². The van der Waals surface area contributed by atoms with Gasteiger partial charge >= 0.3 is 5.97 Å². The molecule has 0 amide bonds. The Morgan fingerprint density at radius 1 is 1.35 bits per heavy atom. The van der Waals surface area contributed by atoms with Gasteiger partial charge in [0.25, 0.3) is 0 Å². The van der Waals surface area contributed by atoms with E-state index < -0.39 is 12.0 Å². The maximum atomic E-state index is 11.4. The van der Waals surface area contributed by atoms with Crippen LogP contribution >= 0.6 is 0 Å². The summed E-state index contributed by atoms with van der Waals surface area (Å²) in [7, 11) is 3.02. The quantitative estimate of drug-likeness (QED) is 0.739. The number of nitrogens with zero attached hydrogens (tertiary/aromatic N) is 5. The normalized spacial score (nSPS) is 11.8. The van der Waals surface area contributed by atoms with E-state index in [0.717, 1.165) is 0 Å². The van der Waals surface area contributed by atoms with Crippen molar-refractivity contribution in [1.29, 1.82) is 0 Å². The summed E-state index contributed by atoms with van der Waals surface area (Å²) < 4.78 is 6.28. The molecule has 9 heteroatoms. The molecular weight excluding hydrogens is 262 g/mol. The van der Waals surface area contributed by atoms with Crippen LogP contribution in [0.1, 0.15) is 6.92 Å². The van der Waals surface area contributed by atoms with Gasteiger partial charge in [-0.25, -0.2) is 9.78 Å². The van der Waals surface area contributed by atoms with E-state index in [9.17, 15) is 4.79 Å². The van der Waals surface area contributed by atoms with Gasteiger partial charge in [0.05, 0.1) is 7.11 Å². The predicted octanol–water partition coefficient (Wildman–Crippen LogP) is 0.0724. The summed E-state index contributed by atoms with van der Waals surface area (Å²) in [6.07, 6.45) is 4.90. The summed E-state index contributed by atoms with van der Waals surface area (Å²) >= 11 is 0. The minimum absolute atomic E-state index is 0.269. The summed E-state index contributed by atoms with van der Waals surface area (Å²) in [5.41, 5.74) is 0. The molecule has 0 spiro atoms. The van der Waals surface area contributed by atoms with E-state index in [0.29, 0.717) is 11.9 Å². The second-order valence-electron chi connectivity index (χ2n) is 3.89.